The van der Waals surface area contributed by atoms with Crippen molar-refractivity contribution in [2.75, 3.05) is 21.3 Å². The maximum atomic E-state index is 12.9. The first kappa shape index (κ1) is 90.5. The summed E-state index contributed by atoms with van der Waals surface area (Å²) in [5.41, 5.74) is 18.2. The van der Waals surface area contributed by atoms with Crippen molar-refractivity contribution in [3.8, 4) is 45.0 Å². The van der Waals surface area contributed by atoms with Gasteiger partial charge in [0, 0.05) is 35.1 Å². The van der Waals surface area contributed by atoms with Gasteiger partial charge in [-0.15, -0.1) is 0 Å². The molecule has 9 aromatic carbocycles. The van der Waals surface area contributed by atoms with Gasteiger partial charge in [0.2, 0.25) is 23.6 Å². The van der Waals surface area contributed by atoms with Crippen LogP contribution in [0.25, 0.3) is 55.8 Å². The number of carbonyl (C=O) groups is 4. The molecule has 4 aliphatic carbocycles. The van der Waals surface area contributed by atoms with Gasteiger partial charge in [-0.05, 0) is 124 Å². The Kier molecular flexibility index (Phi) is 33.5. The van der Waals surface area contributed by atoms with Gasteiger partial charge < -0.3 is 41.7 Å². The second kappa shape index (κ2) is 47.0. The number of benzene rings is 9. The quantitative estimate of drug-likeness (QED) is 0.0200. The zero-order chi connectivity index (χ0) is 87.7. The van der Waals surface area contributed by atoms with Crippen LogP contribution in [-0.2, 0) is 97.0 Å². The van der Waals surface area contributed by atoms with Gasteiger partial charge in [0.15, 0.2) is 23.3 Å². The van der Waals surface area contributed by atoms with Gasteiger partial charge in [-0.2, -0.15) is 0 Å². The molecule has 4 aliphatic rings. The van der Waals surface area contributed by atoms with Gasteiger partial charge in [-0.25, -0.2) is 39.9 Å². The lowest BCUT2D eigenvalue weighted by molar-refractivity contribution is -0.117. The lowest BCUT2D eigenvalue weighted by Gasteiger charge is -2.15. The van der Waals surface area contributed by atoms with Crippen LogP contribution in [-0.4, -0.2) is 83.9 Å². The summed E-state index contributed by atoms with van der Waals surface area (Å²) in [6.07, 6.45) is 33.8. The summed E-state index contributed by atoms with van der Waals surface area (Å²) in [7, 11) is 0. The molecule has 0 atom stereocenters. The van der Waals surface area contributed by atoms with Crippen molar-refractivity contribution in [1.29, 1.82) is 0 Å². The number of aliphatic hydroxyl groups is 4. The molecule has 13 aromatic rings. The normalized spacial score (nSPS) is 14.0. The fraction of sp³-hybridized carbons (Fsp3) is 0.327. The second-order valence-electron chi connectivity index (χ2n) is 34.1. The van der Waals surface area contributed by atoms with E-state index in [-0.39, 0.29) is 50.1 Å². The van der Waals surface area contributed by atoms with E-state index in [0.29, 0.717) is 79.0 Å². The molecular formula is C107H116N12O8. The second-order valence-corrected chi connectivity index (χ2v) is 34.1. The Balaban J connectivity index is 0.000000137. The largest absolute Gasteiger partial charge is 0.392 e. The van der Waals surface area contributed by atoms with Gasteiger partial charge in [0.25, 0.3) is 0 Å². The highest BCUT2D eigenvalue weighted by Crippen LogP contribution is 2.36. The number of carbonyl (C=O) groups excluding carboxylic acids is 4. The summed E-state index contributed by atoms with van der Waals surface area (Å²) in [6, 6.07) is 75.1. The molecule has 8 N–H and O–H groups in total. The molecular weight excluding hydrogens is 1580 g/mol. The average Bonchev–Trinajstić information content (AvgIpc) is 1.72. The molecule has 4 amide bonds. The maximum Gasteiger partial charge on any atom is 0.229 e. The highest BCUT2D eigenvalue weighted by atomic mass is 16.3. The Labute approximate surface area is 745 Å². The van der Waals surface area contributed by atoms with Crippen LogP contribution < -0.4 is 21.3 Å². The van der Waals surface area contributed by atoms with Crippen LogP contribution >= 0.6 is 0 Å². The molecule has 20 nitrogen and oxygen atoms in total. The first-order valence-electron chi connectivity index (χ1n) is 45.3. The topological polar surface area (TPSA) is 300 Å². The highest BCUT2D eigenvalue weighted by Gasteiger charge is 2.26. The van der Waals surface area contributed by atoms with Gasteiger partial charge in [-0.3, -0.25) is 19.2 Å². The van der Waals surface area contributed by atoms with E-state index in [1.165, 1.54) is 114 Å². The standard InChI is InChI=1S/C29H29N3O2.C27H31N3O2.C26H29N3O2.C25H27N3O2/c33-19-21-9-13-24(14-10-21)27-18-30-29(26(31-27)16-20-5-1-2-6-20)32-28(34)17-22-11-12-23-7-3-4-8-25(23)15-22;31-19-22-13-15-23(16-14-22)25-18-28-27(24(29-25)17-21-9-4-5-10-21)30-26(32)12-6-11-20-7-2-1-3-8-20;30-18-21-10-13-22(14-11-21)24-17-27-26(23(28-24)16-20-8-4-5-9-20)29-25(31)15-12-19-6-2-1-3-7-19;29-17-20-10-12-21(13-11-20)23-16-26-25(22(27-23)14-18-8-4-5-9-18)28-24(30)15-19-6-2-1-3-7-19/h3-4,7-15,18,20,33H,1-2,5-6,16-17,19H2,(H,30,32,34);1-3,7-8,13-16,18,21,31H,4-6,9-12,17,19H2,(H,28,30,32);1-3,6-7,10-11,13-14,17,20,30H,4-5,8-9,12,15-16,18H2,(H,27,29,31);1-3,6-7,10-13,16,18,29H,4-5,8-9,14-15,17H2,(H,26,28,30). The van der Waals surface area contributed by atoms with E-state index in [1.807, 2.05) is 194 Å². The van der Waals surface area contributed by atoms with E-state index in [2.05, 4.69) is 77.6 Å². The Morgan fingerprint density at radius 2 is 0.551 bits per heavy atom. The molecule has 0 spiro atoms. The van der Waals surface area contributed by atoms with Crippen molar-refractivity contribution < 1.29 is 39.6 Å². The molecule has 652 valence electrons. The summed E-state index contributed by atoms with van der Waals surface area (Å²) in [6.45, 7) is 0.0767. The first-order valence-corrected chi connectivity index (χ1v) is 45.3. The zero-order valence-corrected chi connectivity index (χ0v) is 72.5. The summed E-state index contributed by atoms with van der Waals surface area (Å²) in [4.78, 5) is 88.7. The molecule has 4 heterocycles. The monoisotopic (exact) mass is 1700 g/mol. The lowest BCUT2D eigenvalue weighted by atomic mass is 10.0. The molecule has 0 radical (unpaired) electrons. The van der Waals surface area contributed by atoms with Crippen LogP contribution in [0.3, 0.4) is 0 Å². The lowest BCUT2D eigenvalue weighted by Crippen LogP contribution is -2.18. The van der Waals surface area contributed by atoms with Crippen molar-refractivity contribution in [2.24, 2.45) is 23.7 Å². The van der Waals surface area contributed by atoms with E-state index in [0.717, 1.165) is 151 Å². The third-order valence-corrected chi connectivity index (χ3v) is 24.5. The number of nitrogens with zero attached hydrogens (tertiary/aromatic N) is 8. The number of nitrogens with one attached hydrogen (secondary N) is 4. The summed E-state index contributed by atoms with van der Waals surface area (Å²) in [5.74, 6) is 4.47. The SMILES string of the molecule is O=C(CCCc1ccccc1)Nc1ncc(-c2ccc(CO)cc2)nc1CC1CCCC1.O=C(CCc1ccccc1)Nc1ncc(-c2ccc(CO)cc2)nc1CC1CCCC1.O=C(Cc1ccc2ccccc2c1)Nc1ncc(-c2ccc(CO)cc2)nc1CC1CCCC1.O=C(Cc1ccccc1)Nc1ncc(-c2ccc(CO)cc2)nc1CC1CCCC1. The molecule has 4 aromatic heterocycles. The smallest absolute Gasteiger partial charge is 0.229 e. The first-order chi connectivity index (χ1) is 62.3. The third kappa shape index (κ3) is 27.4. The van der Waals surface area contributed by atoms with Crippen molar-refractivity contribution in [1.82, 2.24) is 39.9 Å². The number of aryl methyl sites for hydroxylation is 2. The third-order valence-electron chi connectivity index (χ3n) is 24.5. The minimum atomic E-state index is -0.0858. The Hall–Kier alpha value is -12.7. The number of hydrogen-bond acceptors (Lipinski definition) is 16. The van der Waals surface area contributed by atoms with Gasteiger partial charge in [0.05, 0.1) is 110 Å². The minimum absolute atomic E-state index is 0.0112. The number of amides is 4. The van der Waals surface area contributed by atoms with Crippen LogP contribution in [0.2, 0.25) is 0 Å². The molecule has 17 rings (SSSR count). The summed E-state index contributed by atoms with van der Waals surface area (Å²) < 4.78 is 0. The number of hydrogen-bond donors (Lipinski definition) is 8. The average molecular weight is 1700 g/mol. The highest BCUT2D eigenvalue weighted by molar-refractivity contribution is 5.94. The van der Waals surface area contributed by atoms with E-state index in [9.17, 15) is 39.6 Å². The van der Waals surface area contributed by atoms with Crippen molar-refractivity contribution in [3.63, 3.8) is 0 Å². The van der Waals surface area contributed by atoms with Crippen LogP contribution in [0.5, 0.6) is 0 Å². The molecule has 4 fully saturated rings. The fourth-order valence-corrected chi connectivity index (χ4v) is 17.4. The van der Waals surface area contributed by atoms with Crippen LogP contribution in [0.1, 0.15) is 189 Å². The summed E-state index contributed by atoms with van der Waals surface area (Å²) >= 11 is 0. The van der Waals surface area contributed by atoms with Crippen molar-refractivity contribution >= 4 is 57.7 Å². The Morgan fingerprint density at radius 1 is 0.276 bits per heavy atom. The van der Waals surface area contributed by atoms with E-state index < -0.39 is 0 Å². The maximum absolute atomic E-state index is 12.9. The van der Waals surface area contributed by atoms with Gasteiger partial charge >= 0.3 is 0 Å². The number of aromatic nitrogens is 8. The number of rotatable bonds is 31. The molecule has 0 unspecified atom stereocenters. The predicted molar refractivity (Wildman–Crippen MR) is 503 cm³/mol. The van der Waals surface area contributed by atoms with E-state index in [4.69, 9.17) is 19.9 Å². The van der Waals surface area contributed by atoms with E-state index in [1.54, 1.807) is 24.8 Å². The van der Waals surface area contributed by atoms with Crippen LogP contribution in [0.4, 0.5) is 23.3 Å². The fourth-order valence-electron chi connectivity index (χ4n) is 17.4. The van der Waals surface area contributed by atoms with Crippen LogP contribution in [0, 0.1) is 23.7 Å². The van der Waals surface area contributed by atoms with Crippen LogP contribution in [0.15, 0.2) is 255 Å². The molecule has 127 heavy (non-hydrogen) atoms. The number of anilines is 4. The molecule has 4 saturated carbocycles. The van der Waals surface area contributed by atoms with Crippen molar-refractivity contribution in [2.45, 2.75) is 200 Å². The molecule has 20 heteroatoms. The molecule has 0 bridgehead atoms. The Bertz CT molecular complexity index is 5690. The van der Waals surface area contributed by atoms with E-state index >= 15 is 0 Å². The number of fused-ring (bicyclic) bond motifs is 1. The molecule has 0 saturated heterocycles. The zero-order valence-electron chi connectivity index (χ0n) is 72.5. The van der Waals surface area contributed by atoms with Gasteiger partial charge in [0.1, 0.15) is 0 Å². The predicted octanol–water partition coefficient (Wildman–Crippen LogP) is 20.5. The number of aliphatic hydroxyl groups excluding tert-OH is 4. The van der Waals surface area contributed by atoms with Crippen molar-refractivity contribution in [3.05, 3.63) is 323 Å². The summed E-state index contributed by atoms with van der Waals surface area (Å²) in [5, 5.41) is 51.5. The Morgan fingerprint density at radius 3 is 0.882 bits per heavy atom. The molecule has 0 aliphatic heterocycles. The van der Waals surface area contributed by atoms with Gasteiger partial charge in [-0.1, -0.05) is 333 Å². The minimum Gasteiger partial charge on any atom is -0.392 e.